The minimum atomic E-state index is -0.352. The Labute approximate surface area is 106 Å². The van der Waals surface area contributed by atoms with Gasteiger partial charge in [-0.05, 0) is 24.3 Å². The first-order valence-electron chi connectivity index (χ1n) is 4.87. The Kier molecular flexibility index (Phi) is 3.43. The number of hydrogen-bond donors (Lipinski definition) is 2. The van der Waals surface area contributed by atoms with Crippen molar-refractivity contribution < 1.29 is 4.74 Å². The summed E-state index contributed by atoms with van der Waals surface area (Å²) < 4.78 is 6.42. The Morgan fingerprint density at radius 1 is 1.35 bits per heavy atom. The molecule has 5 nitrogen and oxygen atoms in total. The fourth-order valence-electron chi connectivity index (χ4n) is 1.20. The van der Waals surface area contributed by atoms with Crippen molar-refractivity contribution in [3.05, 3.63) is 51.1 Å². The first-order valence-corrected chi connectivity index (χ1v) is 5.66. The summed E-state index contributed by atoms with van der Waals surface area (Å²) in [7, 11) is 0. The molecule has 0 saturated heterocycles. The molecule has 0 radical (unpaired) electrons. The fourth-order valence-corrected chi connectivity index (χ4v) is 1.46. The smallest absolute Gasteiger partial charge is 0.274 e. The molecule has 0 amide bonds. The van der Waals surface area contributed by atoms with Crippen LogP contribution in [0.2, 0.25) is 0 Å². The van der Waals surface area contributed by atoms with Crippen molar-refractivity contribution in [3.8, 4) is 5.75 Å². The molecular formula is C11H10BrN3O2. The number of aromatic amines is 1. The Balaban J connectivity index is 2.04. The monoisotopic (exact) mass is 295 g/mol. The Morgan fingerprint density at radius 3 is 2.71 bits per heavy atom. The van der Waals surface area contributed by atoms with Gasteiger partial charge in [-0.3, -0.25) is 4.79 Å². The fraction of sp³-hybridized carbons (Fsp3) is 0.0909. The van der Waals surface area contributed by atoms with E-state index in [1.165, 1.54) is 6.20 Å². The second-order valence-electron chi connectivity index (χ2n) is 3.36. The molecule has 3 N–H and O–H groups in total. The lowest BCUT2D eigenvalue weighted by atomic mass is 10.3. The second-order valence-corrected chi connectivity index (χ2v) is 4.27. The molecule has 1 aromatic heterocycles. The zero-order valence-electron chi connectivity index (χ0n) is 8.81. The van der Waals surface area contributed by atoms with Gasteiger partial charge >= 0.3 is 0 Å². The lowest BCUT2D eigenvalue weighted by Gasteiger charge is -2.05. The van der Waals surface area contributed by atoms with Crippen molar-refractivity contribution in [1.82, 2.24) is 9.97 Å². The van der Waals surface area contributed by atoms with Gasteiger partial charge in [-0.1, -0.05) is 15.9 Å². The number of aromatic nitrogens is 2. The van der Waals surface area contributed by atoms with Crippen LogP contribution in [0.25, 0.3) is 0 Å². The molecule has 0 aliphatic carbocycles. The van der Waals surface area contributed by atoms with Gasteiger partial charge in [0.25, 0.3) is 5.56 Å². The summed E-state index contributed by atoms with van der Waals surface area (Å²) in [6.07, 6.45) is 1.32. The van der Waals surface area contributed by atoms with Crippen molar-refractivity contribution in [1.29, 1.82) is 0 Å². The highest BCUT2D eigenvalue weighted by Gasteiger charge is 2.00. The van der Waals surface area contributed by atoms with Gasteiger partial charge in [-0.2, -0.15) is 0 Å². The molecule has 2 rings (SSSR count). The number of ether oxygens (including phenoxy) is 1. The van der Waals surface area contributed by atoms with Crippen LogP contribution in [0.1, 0.15) is 5.82 Å². The van der Waals surface area contributed by atoms with Crippen LogP contribution in [0.4, 0.5) is 5.69 Å². The molecule has 1 aromatic carbocycles. The van der Waals surface area contributed by atoms with Crippen molar-refractivity contribution >= 4 is 21.6 Å². The molecule has 2 aromatic rings. The number of rotatable bonds is 3. The molecule has 0 saturated carbocycles. The Bertz CT molecular complexity index is 566. The third-order valence-electron chi connectivity index (χ3n) is 2.07. The van der Waals surface area contributed by atoms with Gasteiger partial charge in [0, 0.05) is 4.47 Å². The number of benzene rings is 1. The third kappa shape index (κ3) is 3.07. The molecule has 0 atom stereocenters. The van der Waals surface area contributed by atoms with Crippen LogP contribution in [0, 0.1) is 0 Å². The minimum absolute atomic E-state index is 0.0948. The normalized spacial score (nSPS) is 10.2. The molecule has 0 aliphatic rings. The molecule has 88 valence electrons. The number of H-pyrrole nitrogens is 1. The van der Waals surface area contributed by atoms with Crippen LogP contribution in [0.5, 0.6) is 5.75 Å². The molecule has 1 heterocycles. The van der Waals surface area contributed by atoms with Crippen LogP contribution in [-0.4, -0.2) is 9.97 Å². The topological polar surface area (TPSA) is 81.0 Å². The van der Waals surface area contributed by atoms with Gasteiger partial charge in [-0.15, -0.1) is 0 Å². The van der Waals surface area contributed by atoms with Crippen molar-refractivity contribution in [2.24, 2.45) is 0 Å². The van der Waals surface area contributed by atoms with Gasteiger partial charge in [0.05, 0.1) is 6.20 Å². The number of nitrogens with zero attached hydrogens (tertiary/aromatic N) is 1. The van der Waals surface area contributed by atoms with Gasteiger partial charge in [0.1, 0.15) is 23.9 Å². The molecule has 0 fully saturated rings. The average molecular weight is 296 g/mol. The highest BCUT2D eigenvalue weighted by molar-refractivity contribution is 9.10. The molecule has 0 spiro atoms. The highest BCUT2D eigenvalue weighted by atomic mass is 79.9. The molecule has 0 aliphatic heterocycles. The van der Waals surface area contributed by atoms with Crippen molar-refractivity contribution in [2.75, 3.05) is 5.73 Å². The largest absolute Gasteiger partial charge is 0.486 e. The molecule has 17 heavy (non-hydrogen) atoms. The maximum Gasteiger partial charge on any atom is 0.274 e. The summed E-state index contributed by atoms with van der Waals surface area (Å²) in [4.78, 5) is 17.7. The lowest BCUT2D eigenvalue weighted by molar-refractivity contribution is 0.295. The van der Waals surface area contributed by atoms with E-state index in [1.807, 2.05) is 24.3 Å². The second kappa shape index (κ2) is 5.01. The van der Waals surface area contributed by atoms with Crippen molar-refractivity contribution in [2.45, 2.75) is 6.61 Å². The van der Waals surface area contributed by atoms with E-state index in [1.54, 1.807) is 0 Å². The van der Waals surface area contributed by atoms with E-state index in [9.17, 15) is 4.79 Å². The summed E-state index contributed by atoms with van der Waals surface area (Å²) in [6, 6.07) is 7.38. The maximum absolute atomic E-state index is 11.2. The van der Waals surface area contributed by atoms with Gasteiger partial charge in [0.15, 0.2) is 0 Å². The first-order chi connectivity index (χ1) is 8.15. The number of halogens is 1. The van der Waals surface area contributed by atoms with E-state index in [-0.39, 0.29) is 17.9 Å². The van der Waals surface area contributed by atoms with Crippen LogP contribution >= 0.6 is 15.9 Å². The Hall–Kier alpha value is -1.82. The zero-order valence-corrected chi connectivity index (χ0v) is 10.4. The standard InChI is InChI=1S/C11H10BrN3O2/c12-7-1-3-8(4-2-7)17-6-10-14-5-9(13)11(16)15-10/h1-5H,6,13H2,(H,14,15,16). The molecule has 0 unspecified atom stereocenters. The average Bonchev–Trinajstić information content (AvgIpc) is 2.33. The quantitative estimate of drug-likeness (QED) is 0.903. The summed E-state index contributed by atoms with van der Waals surface area (Å²) in [5.41, 5.74) is 5.10. The number of nitrogens with one attached hydrogen (secondary N) is 1. The van der Waals surface area contributed by atoms with Crippen LogP contribution in [0.3, 0.4) is 0 Å². The summed E-state index contributed by atoms with van der Waals surface area (Å²) in [6.45, 7) is 0.192. The zero-order chi connectivity index (χ0) is 12.3. The van der Waals surface area contributed by atoms with E-state index >= 15 is 0 Å². The van der Waals surface area contributed by atoms with E-state index in [4.69, 9.17) is 10.5 Å². The predicted molar refractivity (Wildman–Crippen MR) is 67.7 cm³/mol. The van der Waals surface area contributed by atoms with E-state index < -0.39 is 0 Å². The summed E-state index contributed by atoms with van der Waals surface area (Å²) in [5.74, 6) is 1.14. The van der Waals surface area contributed by atoms with E-state index in [2.05, 4.69) is 25.9 Å². The van der Waals surface area contributed by atoms with Gasteiger partial charge in [0.2, 0.25) is 0 Å². The maximum atomic E-state index is 11.2. The number of nitrogens with two attached hydrogens (primary N) is 1. The number of anilines is 1. The molecular weight excluding hydrogens is 286 g/mol. The third-order valence-corrected chi connectivity index (χ3v) is 2.60. The number of hydrogen-bond acceptors (Lipinski definition) is 4. The molecule has 0 bridgehead atoms. The lowest BCUT2D eigenvalue weighted by Crippen LogP contribution is -2.16. The SMILES string of the molecule is Nc1cnc(COc2ccc(Br)cc2)[nH]c1=O. The van der Waals surface area contributed by atoms with Crippen molar-refractivity contribution in [3.63, 3.8) is 0 Å². The first kappa shape index (κ1) is 11.7. The predicted octanol–water partition coefficient (Wildman–Crippen LogP) is 1.69. The summed E-state index contributed by atoms with van der Waals surface area (Å²) >= 11 is 3.33. The van der Waals surface area contributed by atoms with E-state index in [0.29, 0.717) is 11.6 Å². The Morgan fingerprint density at radius 2 is 2.06 bits per heavy atom. The van der Waals surface area contributed by atoms with Crippen LogP contribution in [-0.2, 0) is 6.61 Å². The van der Waals surface area contributed by atoms with Crippen LogP contribution in [0.15, 0.2) is 39.7 Å². The molecule has 6 heteroatoms. The van der Waals surface area contributed by atoms with Gasteiger partial charge in [-0.25, -0.2) is 4.98 Å². The minimum Gasteiger partial charge on any atom is -0.486 e. The summed E-state index contributed by atoms with van der Waals surface area (Å²) in [5, 5.41) is 0. The number of nitrogen functional groups attached to an aromatic ring is 1. The van der Waals surface area contributed by atoms with Crippen LogP contribution < -0.4 is 16.0 Å². The van der Waals surface area contributed by atoms with E-state index in [0.717, 1.165) is 4.47 Å². The highest BCUT2D eigenvalue weighted by Crippen LogP contribution is 2.16. The van der Waals surface area contributed by atoms with Gasteiger partial charge < -0.3 is 15.5 Å².